The number of aromatic carboxylic acids is 1. The molecule has 0 aromatic carbocycles. The average molecular weight is 275 g/mol. The van der Waals surface area contributed by atoms with E-state index in [1.165, 1.54) is 0 Å². The normalized spacial score (nSPS) is 10.6. The highest BCUT2D eigenvalue weighted by Crippen LogP contribution is 2.17. The summed E-state index contributed by atoms with van der Waals surface area (Å²) in [7, 11) is 1.60. The molecule has 2 rings (SSSR count). The van der Waals surface area contributed by atoms with Gasteiger partial charge in [-0.05, 0) is 20.8 Å². The second kappa shape index (κ2) is 5.32. The van der Waals surface area contributed by atoms with Crippen LogP contribution in [0.2, 0.25) is 0 Å². The zero-order chi connectivity index (χ0) is 14.9. The van der Waals surface area contributed by atoms with E-state index in [2.05, 4.69) is 10.1 Å². The molecule has 0 saturated carbocycles. The van der Waals surface area contributed by atoms with E-state index in [0.717, 1.165) is 17.1 Å². The predicted octanol–water partition coefficient (Wildman–Crippen LogP) is 1.96. The standard InChI is InChI=1S/C14H17N3O3/c1-8-5-12(20-4)6-11(15-8)7-17-10(3)13(14(18)19)9(2)16-17/h5-6H,7H2,1-4H3,(H,18,19). The summed E-state index contributed by atoms with van der Waals surface area (Å²) < 4.78 is 6.86. The first-order valence-electron chi connectivity index (χ1n) is 6.21. The topological polar surface area (TPSA) is 77.2 Å². The number of aryl methyl sites for hydroxylation is 2. The van der Waals surface area contributed by atoms with Gasteiger partial charge < -0.3 is 9.84 Å². The fraction of sp³-hybridized carbons (Fsp3) is 0.357. The molecule has 2 aromatic rings. The Kier molecular flexibility index (Phi) is 3.74. The van der Waals surface area contributed by atoms with Gasteiger partial charge in [0, 0.05) is 17.8 Å². The van der Waals surface area contributed by atoms with Crippen LogP contribution in [-0.2, 0) is 6.54 Å². The van der Waals surface area contributed by atoms with Crippen molar-refractivity contribution in [3.8, 4) is 5.75 Å². The highest BCUT2D eigenvalue weighted by Gasteiger charge is 2.18. The fourth-order valence-electron chi connectivity index (χ4n) is 2.22. The fourth-order valence-corrected chi connectivity index (χ4v) is 2.22. The van der Waals surface area contributed by atoms with Crippen molar-refractivity contribution in [1.29, 1.82) is 0 Å². The molecule has 0 bridgehead atoms. The van der Waals surface area contributed by atoms with Crippen LogP contribution in [0.5, 0.6) is 5.75 Å². The summed E-state index contributed by atoms with van der Waals surface area (Å²) in [4.78, 5) is 15.6. The predicted molar refractivity (Wildman–Crippen MR) is 73.3 cm³/mol. The molecule has 0 aliphatic heterocycles. The number of carboxylic acid groups (broad SMARTS) is 1. The molecule has 0 aliphatic carbocycles. The van der Waals surface area contributed by atoms with Crippen molar-refractivity contribution >= 4 is 5.97 Å². The van der Waals surface area contributed by atoms with Crippen LogP contribution in [0.4, 0.5) is 0 Å². The van der Waals surface area contributed by atoms with Gasteiger partial charge in [-0.15, -0.1) is 0 Å². The van der Waals surface area contributed by atoms with Crippen molar-refractivity contribution in [1.82, 2.24) is 14.8 Å². The molecule has 2 heterocycles. The molecule has 2 aromatic heterocycles. The van der Waals surface area contributed by atoms with Crippen molar-refractivity contribution in [2.75, 3.05) is 7.11 Å². The summed E-state index contributed by atoms with van der Waals surface area (Å²) >= 11 is 0. The summed E-state index contributed by atoms with van der Waals surface area (Å²) in [5.74, 6) is -0.228. The summed E-state index contributed by atoms with van der Waals surface area (Å²) in [6, 6.07) is 3.66. The third kappa shape index (κ3) is 2.64. The Bertz CT molecular complexity index is 662. The monoisotopic (exact) mass is 275 g/mol. The van der Waals surface area contributed by atoms with Crippen molar-refractivity contribution in [2.45, 2.75) is 27.3 Å². The van der Waals surface area contributed by atoms with Gasteiger partial charge in [-0.3, -0.25) is 9.67 Å². The average Bonchev–Trinajstić information content (AvgIpc) is 2.63. The highest BCUT2D eigenvalue weighted by molar-refractivity contribution is 5.90. The SMILES string of the molecule is COc1cc(C)nc(Cn2nc(C)c(C(=O)O)c2C)c1. The Labute approximate surface area is 117 Å². The van der Waals surface area contributed by atoms with E-state index in [-0.39, 0.29) is 5.56 Å². The van der Waals surface area contributed by atoms with Gasteiger partial charge in [-0.2, -0.15) is 5.10 Å². The molecule has 0 spiro atoms. The van der Waals surface area contributed by atoms with Gasteiger partial charge in [-0.25, -0.2) is 4.79 Å². The van der Waals surface area contributed by atoms with Crippen molar-refractivity contribution in [3.05, 3.63) is 40.5 Å². The van der Waals surface area contributed by atoms with Gasteiger partial charge in [0.2, 0.25) is 0 Å². The van der Waals surface area contributed by atoms with E-state index in [0.29, 0.717) is 17.9 Å². The molecule has 0 saturated heterocycles. The molecule has 0 amide bonds. The van der Waals surface area contributed by atoms with E-state index >= 15 is 0 Å². The number of aromatic nitrogens is 3. The lowest BCUT2D eigenvalue weighted by Crippen LogP contribution is -2.08. The van der Waals surface area contributed by atoms with Gasteiger partial charge in [-0.1, -0.05) is 0 Å². The molecule has 20 heavy (non-hydrogen) atoms. The van der Waals surface area contributed by atoms with Gasteiger partial charge >= 0.3 is 5.97 Å². The summed E-state index contributed by atoms with van der Waals surface area (Å²) in [5.41, 5.74) is 3.01. The van der Waals surface area contributed by atoms with E-state index in [9.17, 15) is 4.79 Å². The van der Waals surface area contributed by atoms with Crippen molar-refractivity contribution in [3.63, 3.8) is 0 Å². The number of rotatable bonds is 4. The molecular formula is C14H17N3O3. The number of pyridine rings is 1. The minimum absolute atomic E-state index is 0.254. The molecule has 0 atom stereocenters. The number of carboxylic acids is 1. The lowest BCUT2D eigenvalue weighted by molar-refractivity contribution is 0.0695. The van der Waals surface area contributed by atoms with Crippen LogP contribution in [0.1, 0.15) is 33.1 Å². The third-order valence-electron chi connectivity index (χ3n) is 3.12. The molecule has 0 aliphatic rings. The number of ether oxygens (including phenoxy) is 1. The Hall–Kier alpha value is -2.37. The van der Waals surface area contributed by atoms with Gasteiger partial charge in [0.25, 0.3) is 0 Å². The summed E-state index contributed by atoms with van der Waals surface area (Å²) in [5, 5.41) is 13.4. The number of hydrogen-bond donors (Lipinski definition) is 1. The van der Waals surface area contributed by atoms with Crippen LogP contribution in [-0.4, -0.2) is 33.0 Å². The van der Waals surface area contributed by atoms with Gasteiger partial charge in [0.1, 0.15) is 11.3 Å². The smallest absolute Gasteiger partial charge is 0.339 e. The number of carbonyl (C=O) groups is 1. The molecule has 6 nitrogen and oxygen atoms in total. The van der Waals surface area contributed by atoms with Crippen LogP contribution >= 0.6 is 0 Å². The lowest BCUT2D eigenvalue weighted by Gasteiger charge is -2.07. The number of methoxy groups -OCH3 is 1. The number of hydrogen-bond acceptors (Lipinski definition) is 4. The van der Waals surface area contributed by atoms with Crippen molar-refractivity contribution in [2.24, 2.45) is 0 Å². The number of nitrogens with zero attached hydrogens (tertiary/aromatic N) is 3. The molecule has 6 heteroatoms. The minimum Gasteiger partial charge on any atom is -0.497 e. The van der Waals surface area contributed by atoms with Crippen LogP contribution in [0.3, 0.4) is 0 Å². The summed E-state index contributed by atoms with van der Waals surface area (Å²) in [6.07, 6.45) is 0. The molecule has 106 valence electrons. The molecule has 0 fully saturated rings. The third-order valence-corrected chi connectivity index (χ3v) is 3.12. The van der Waals surface area contributed by atoms with Crippen LogP contribution in [0.25, 0.3) is 0 Å². The van der Waals surface area contributed by atoms with Crippen LogP contribution in [0, 0.1) is 20.8 Å². The van der Waals surface area contributed by atoms with Gasteiger partial charge in [0.15, 0.2) is 0 Å². The first kappa shape index (κ1) is 14.0. The largest absolute Gasteiger partial charge is 0.497 e. The molecule has 0 radical (unpaired) electrons. The van der Waals surface area contributed by atoms with Crippen LogP contribution in [0.15, 0.2) is 12.1 Å². The maximum atomic E-state index is 11.2. The van der Waals surface area contributed by atoms with E-state index in [1.807, 2.05) is 19.1 Å². The van der Waals surface area contributed by atoms with E-state index in [1.54, 1.807) is 25.6 Å². The first-order valence-corrected chi connectivity index (χ1v) is 6.21. The first-order chi connectivity index (χ1) is 9.42. The Morgan fingerprint density at radius 1 is 1.35 bits per heavy atom. The van der Waals surface area contributed by atoms with E-state index < -0.39 is 5.97 Å². The Balaban J connectivity index is 2.38. The second-order valence-corrected chi connectivity index (χ2v) is 4.65. The zero-order valence-electron chi connectivity index (χ0n) is 12.0. The van der Waals surface area contributed by atoms with E-state index in [4.69, 9.17) is 9.84 Å². The highest BCUT2D eigenvalue weighted by atomic mass is 16.5. The Morgan fingerprint density at radius 2 is 2.05 bits per heavy atom. The Morgan fingerprint density at radius 3 is 2.60 bits per heavy atom. The maximum Gasteiger partial charge on any atom is 0.339 e. The zero-order valence-corrected chi connectivity index (χ0v) is 12.0. The quantitative estimate of drug-likeness (QED) is 0.923. The van der Waals surface area contributed by atoms with Gasteiger partial charge in [0.05, 0.1) is 30.7 Å². The lowest BCUT2D eigenvalue weighted by atomic mass is 10.2. The molecule has 1 N–H and O–H groups in total. The summed E-state index contributed by atoms with van der Waals surface area (Å²) in [6.45, 7) is 5.74. The van der Waals surface area contributed by atoms with Crippen molar-refractivity contribution < 1.29 is 14.6 Å². The maximum absolute atomic E-state index is 11.2. The van der Waals surface area contributed by atoms with Crippen LogP contribution < -0.4 is 4.74 Å². The second-order valence-electron chi connectivity index (χ2n) is 4.65. The molecular weight excluding hydrogens is 258 g/mol. The minimum atomic E-state index is -0.957. The molecule has 0 unspecified atom stereocenters.